The summed E-state index contributed by atoms with van der Waals surface area (Å²) in [7, 11) is 1.59. The summed E-state index contributed by atoms with van der Waals surface area (Å²) in [4.78, 5) is 45.4. The van der Waals surface area contributed by atoms with E-state index in [4.69, 9.17) is 4.74 Å². The molecule has 0 radical (unpaired) electrons. The number of hydrogen-bond donors (Lipinski definition) is 1. The van der Waals surface area contributed by atoms with Gasteiger partial charge in [0.25, 0.3) is 5.91 Å². The summed E-state index contributed by atoms with van der Waals surface area (Å²) in [6, 6.07) is 12.4. The summed E-state index contributed by atoms with van der Waals surface area (Å²) in [5.41, 5.74) is 2.76. The lowest BCUT2D eigenvalue weighted by Gasteiger charge is -2.45. The second-order valence-corrected chi connectivity index (χ2v) is 9.46. The lowest BCUT2D eigenvalue weighted by Crippen LogP contribution is -2.56. The van der Waals surface area contributed by atoms with Gasteiger partial charge in [-0.3, -0.25) is 19.3 Å². The number of fused-ring (bicyclic) bond motifs is 3. The van der Waals surface area contributed by atoms with E-state index in [1.807, 2.05) is 17.0 Å². The highest BCUT2D eigenvalue weighted by Crippen LogP contribution is 2.40. The van der Waals surface area contributed by atoms with Crippen LogP contribution in [-0.4, -0.2) is 62.0 Å². The number of amides is 3. The van der Waals surface area contributed by atoms with Gasteiger partial charge in [0.15, 0.2) is 0 Å². The third-order valence-electron chi connectivity index (χ3n) is 7.20. The second-order valence-electron chi connectivity index (χ2n) is 9.46. The Balaban J connectivity index is 1.42. The number of likely N-dealkylation sites (tertiary alicyclic amines) is 1. The summed E-state index contributed by atoms with van der Waals surface area (Å²) >= 11 is 0. The van der Waals surface area contributed by atoms with Gasteiger partial charge in [-0.1, -0.05) is 0 Å². The van der Waals surface area contributed by atoms with Gasteiger partial charge in [0.1, 0.15) is 18.3 Å². The molecule has 0 aliphatic carbocycles. The standard InChI is InChI=1S/C27H32N4O4/c1-35-21-11-9-20(10-12-21)28-25(32)18-31-24-17-19(26(33)29-14-4-2-5-15-29)8-13-22(24)30-16-6-3-7-23(30)27(31)34/h8-13,17,23H,2-7,14-16,18H2,1H3,(H,28,32)/t23-/m1/s1. The highest BCUT2D eigenvalue weighted by molar-refractivity contribution is 6.11. The molecule has 3 heterocycles. The van der Waals surface area contributed by atoms with Crippen molar-refractivity contribution in [3.05, 3.63) is 48.0 Å². The molecule has 8 nitrogen and oxygen atoms in total. The summed E-state index contributed by atoms with van der Waals surface area (Å²) in [6.45, 7) is 2.21. The fourth-order valence-corrected chi connectivity index (χ4v) is 5.35. The fourth-order valence-electron chi connectivity index (χ4n) is 5.35. The fraction of sp³-hybridized carbons (Fsp3) is 0.444. The molecule has 35 heavy (non-hydrogen) atoms. The number of ether oxygens (including phenoxy) is 1. The molecule has 2 saturated heterocycles. The molecule has 184 valence electrons. The molecule has 3 aliphatic heterocycles. The average molecular weight is 477 g/mol. The number of methoxy groups -OCH3 is 1. The molecule has 3 aliphatic rings. The smallest absolute Gasteiger partial charge is 0.253 e. The highest BCUT2D eigenvalue weighted by atomic mass is 16.5. The van der Waals surface area contributed by atoms with Crippen LogP contribution < -0.4 is 19.9 Å². The molecule has 0 bridgehead atoms. The minimum atomic E-state index is -0.286. The van der Waals surface area contributed by atoms with Crippen molar-refractivity contribution in [2.45, 2.75) is 44.6 Å². The SMILES string of the molecule is COc1ccc(NC(=O)CN2C(=O)[C@H]3CCCCN3c3ccc(C(=O)N4CCCCC4)cc32)cc1. The number of carbonyl (C=O) groups excluding carboxylic acids is 3. The molecule has 8 heteroatoms. The predicted molar refractivity (Wildman–Crippen MR) is 135 cm³/mol. The van der Waals surface area contributed by atoms with Crippen LogP contribution in [0.15, 0.2) is 42.5 Å². The van der Waals surface area contributed by atoms with Gasteiger partial charge in [0, 0.05) is 30.9 Å². The number of benzene rings is 2. The van der Waals surface area contributed by atoms with Crippen LogP contribution in [0.1, 0.15) is 48.9 Å². The Kier molecular flexibility index (Phi) is 6.61. The Morgan fingerprint density at radius 2 is 1.69 bits per heavy atom. The van der Waals surface area contributed by atoms with Crippen molar-refractivity contribution in [2.24, 2.45) is 0 Å². The summed E-state index contributed by atoms with van der Waals surface area (Å²) < 4.78 is 5.17. The first-order valence-corrected chi connectivity index (χ1v) is 12.5. The molecule has 0 unspecified atom stereocenters. The Bertz CT molecular complexity index is 1110. The van der Waals surface area contributed by atoms with Crippen molar-refractivity contribution in [2.75, 3.05) is 48.4 Å². The maximum absolute atomic E-state index is 13.6. The molecule has 1 atom stereocenters. The van der Waals surface area contributed by atoms with Gasteiger partial charge in [0.05, 0.1) is 18.5 Å². The van der Waals surface area contributed by atoms with Gasteiger partial charge in [-0.05, 0) is 81.0 Å². The van der Waals surface area contributed by atoms with Gasteiger partial charge in [-0.25, -0.2) is 0 Å². The molecular weight excluding hydrogens is 444 g/mol. The zero-order chi connectivity index (χ0) is 24.4. The minimum Gasteiger partial charge on any atom is -0.497 e. The highest BCUT2D eigenvalue weighted by Gasteiger charge is 2.40. The van der Waals surface area contributed by atoms with E-state index in [-0.39, 0.29) is 30.3 Å². The molecule has 2 aromatic rings. The number of nitrogens with one attached hydrogen (secondary N) is 1. The first-order chi connectivity index (χ1) is 17.0. The third-order valence-corrected chi connectivity index (χ3v) is 7.20. The van der Waals surface area contributed by atoms with E-state index in [2.05, 4.69) is 10.2 Å². The molecule has 0 saturated carbocycles. The minimum absolute atomic E-state index is 0.0108. The van der Waals surface area contributed by atoms with Crippen molar-refractivity contribution in [3.8, 4) is 5.75 Å². The second kappa shape index (κ2) is 9.98. The van der Waals surface area contributed by atoms with Crippen LogP contribution in [0, 0.1) is 0 Å². The van der Waals surface area contributed by atoms with E-state index in [1.165, 1.54) is 0 Å². The van der Waals surface area contributed by atoms with Crippen LogP contribution in [0.2, 0.25) is 0 Å². The van der Waals surface area contributed by atoms with Crippen LogP contribution in [-0.2, 0) is 9.59 Å². The number of carbonyl (C=O) groups is 3. The third kappa shape index (κ3) is 4.70. The molecule has 2 aromatic carbocycles. The predicted octanol–water partition coefficient (Wildman–Crippen LogP) is 3.67. The summed E-state index contributed by atoms with van der Waals surface area (Å²) in [5.74, 6) is 0.325. The van der Waals surface area contributed by atoms with Gasteiger partial charge >= 0.3 is 0 Å². The van der Waals surface area contributed by atoms with E-state index >= 15 is 0 Å². The Labute approximate surface area is 205 Å². The zero-order valence-corrected chi connectivity index (χ0v) is 20.2. The Morgan fingerprint density at radius 1 is 0.943 bits per heavy atom. The normalized spacial score (nSPS) is 19.6. The number of piperidine rings is 2. The maximum Gasteiger partial charge on any atom is 0.253 e. The zero-order valence-electron chi connectivity index (χ0n) is 20.2. The molecule has 3 amide bonds. The molecular formula is C27H32N4O4. The van der Waals surface area contributed by atoms with Gasteiger partial charge < -0.3 is 19.9 Å². The number of nitrogens with zero attached hydrogens (tertiary/aromatic N) is 3. The summed E-state index contributed by atoms with van der Waals surface area (Å²) in [5, 5.41) is 2.88. The van der Waals surface area contributed by atoms with E-state index < -0.39 is 0 Å². The average Bonchev–Trinajstić information content (AvgIpc) is 2.91. The van der Waals surface area contributed by atoms with Gasteiger partial charge in [0.2, 0.25) is 11.8 Å². The number of hydrogen-bond acceptors (Lipinski definition) is 5. The first kappa shape index (κ1) is 23.2. The van der Waals surface area contributed by atoms with Crippen LogP contribution in [0.4, 0.5) is 17.1 Å². The molecule has 2 fully saturated rings. The van der Waals surface area contributed by atoms with Crippen LogP contribution in [0.25, 0.3) is 0 Å². The van der Waals surface area contributed by atoms with E-state index in [0.29, 0.717) is 22.7 Å². The lowest BCUT2D eigenvalue weighted by molar-refractivity contribution is -0.123. The molecule has 0 aromatic heterocycles. The van der Waals surface area contributed by atoms with Crippen LogP contribution in [0.5, 0.6) is 5.75 Å². The van der Waals surface area contributed by atoms with E-state index in [0.717, 1.165) is 63.8 Å². The van der Waals surface area contributed by atoms with Crippen molar-refractivity contribution < 1.29 is 19.1 Å². The molecule has 1 N–H and O–H groups in total. The van der Waals surface area contributed by atoms with E-state index in [9.17, 15) is 14.4 Å². The maximum atomic E-state index is 13.6. The lowest BCUT2D eigenvalue weighted by atomic mass is 9.95. The number of anilines is 3. The topological polar surface area (TPSA) is 82.2 Å². The molecule has 0 spiro atoms. The quantitative estimate of drug-likeness (QED) is 0.712. The monoisotopic (exact) mass is 476 g/mol. The summed E-state index contributed by atoms with van der Waals surface area (Å²) in [6.07, 6.45) is 5.96. The Hall–Kier alpha value is -3.55. The first-order valence-electron chi connectivity index (χ1n) is 12.5. The van der Waals surface area contributed by atoms with Crippen LogP contribution >= 0.6 is 0 Å². The molecule has 5 rings (SSSR count). The van der Waals surface area contributed by atoms with Gasteiger partial charge in [-0.2, -0.15) is 0 Å². The van der Waals surface area contributed by atoms with Crippen molar-refractivity contribution in [3.63, 3.8) is 0 Å². The van der Waals surface area contributed by atoms with E-state index in [1.54, 1.807) is 42.3 Å². The van der Waals surface area contributed by atoms with Crippen molar-refractivity contribution in [1.29, 1.82) is 0 Å². The largest absolute Gasteiger partial charge is 0.497 e. The van der Waals surface area contributed by atoms with Crippen molar-refractivity contribution in [1.82, 2.24) is 4.90 Å². The van der Waals surface area contributed by atoms with Crippen LogP contribution in [0.3, 0.4) is 0 Å². The number of rotatable bonds is 5. The van der Waals surface area contributed by atoms with Gasteiger partial charge in [-0.15, -0.1) is 0 Å². The Morgan fingerprint density at radius 3 is 2.43 bits per heavy atom. The van der Waals surface area contributed by atoms with Crippen molar-refractivity contribution >= 4 is 34.8 Å².